The number of hydrogen-bond donors (Lipinski definition) is 6. The van der Waals surface area contributed by atoms with Crippen molar-refractivity contribution >= 4 is 17.9 Å². The third-order valence-corrected chi connectivity index (χ3v) is 6.26. The predicted octanol–water partition coefficient (Wildman–Crippen LogP) is 3.65. The van der Waals surface area contributed by atoms with Crippen molar-refractivity contribution in [1.82, 2.24) is 4.90 Å². The van der Waals surface area contributed by atoms with Crippen molar-refractivity contribution in [3.05, 3.63) is 69.8 Å². The molecule has 3 aromatic carbocycles. The van der Waals surface area contributed by atoms with E-state index in [2.05, 4.69) is 0 Å². The average Bonchev–Trinajstić information content (AvgIpc) is 2.94. The molecule has 0 aliphatic carbocycles. The van der Waals surface area contributed by atoms with Crippen LogP contribution < -0.4 is 0 Å². The maximum atomic E-state index is 12.1. The molecule has 0 saturated heterocycles. The van der Waals surface area contributed by atoms with Crippen LogP contribution in [0.3, 0.4) is 0 Å². The Labute approximate surface area is 246 Å². The summed E-state index contributed by atoms with van der Waals surface area (Å²) in [5.41, 5.74) is -0.394. The summed E-state index contributed by atoms with van der Waals surface area (Å²) >= 11 is 0. The number of rotatable bonds is 12. The highest BCUT2D eigenvalue weighted by Crippen LogP contribution is 2.34. The van der Waals surface area contributed by atoms with Gasteiger partial charge in [-0.2, -0.15) is 0 Å². The van der Waals surface area contributed by atoms with Crippen molar-refractivity contribution in [2.24, 2.45) is 0 Å². The van der Waals surface area contributed by atoms with Gasteiger partial charge in [-0.1, -0.05) is 0 Å². The van der Waals surface area contributed by atoms with Crippen LogP contribution in [0.4, 0.5) is 0 Å². The summed E-state index contributed by atoms with van der Waals surface area (Å²) in [6.45, 7) is 4.40. The van der Waals surface area contributed by atoms with Gasteiger partial charge in [0.1, 0.15) is 51.2 Å². The SMILES string of the molecule is CCOC(=O)c1cc(O)c(CN(Cc2cc(O)c(C(=O)OCC)cc2O)Cc2cc(O)c(C(=O)OCC)cc2O)cc1O. The predicted molar refractivity (Wildman–Crippen MR) is 150 cm³/mol. The van der Waals surface area contributed by atoms with Crippen molar-refractivity contribution in [3.8, 4) is 34.5 Å². The summed E-state index contributed by atoms with van der Waals surface area (Å²) in [5, 5.41) is 63.4. The summed E-state index contributed by atoms with van der Waals surface area (Å²) in [5.74, 6) is -5.06. The molecule has 0 aromatic heterocycles. The van der Waals surface area contributed by atoms with Crippen molar-refractivity contribution in [2.75, 3.05) is 19.8 Å². The van der Waals surface area contributed by atoms with Gasteiger partial charge in [0.25, 0.3) is 0 Å². The maximum absolute atomic E-state index is 12.1. The lowest BCUT2D eigenvalue weighted by atomic mass is 10.0. The maximum Gasteiger partial charge on any atom is 0.342 e. The second kappa shape index (κ2) is 14.1. The van der Waals surface area contributed by atoms with Crippen LogP contribution in [0.25, 0.3) is 0 Å². The molecule has 0 spiro atoms. The molecule has 0 atom stereocenters. The monoisotopic (exact) mass is 599 g/mol. The van der Waals surface area contributed by atoms with Gasteiger partial charge in [-0.25, -0.2) is 14.4 Å². The fourth-order valence-electron chi connectivity index (χ4n) is 4.25. The van der Waals surface area contributed by atoms with E-state index in [1.54, 1.807) is 20.8 Å². The molecule has 3 aromatic rings. The normalized spacial score (nSPS) is 10.9. The van der Waals surface area contributed by atoms with Gasteiger partial charge in [0.2, 0.25) is 0 Å². The van der Waals surface area contributed by atoms with Crippen molar-refractivity contribution < 1.29 is 59.2 Å². The number of esters is 3. The number of nitrogens with zero attached hydrogens (tertiary/aromatic N) is 1. The first-order chi connectivity index (χ1) is 20.4. The largest absolute Gasteiger partial charge is 0.508 e. The smallest absolute Gasteiger partial charge is 0.342 e. The third-order valence-electron chi connectivity index (χ3n) is 6.26. The van der Waals surface area contributed by atoms with Crippen LogP contribution in [-0.2, 0) is 33.8 Å². The Morgan fingerprint density at radius 1 is 0.488 bits per heavy atom. The Balaban J connectivity index is 2.03. The Kier molecular flexibility index (Phi) is 10.6. The number of carbonyl (C=O) groups excluding carboxylic acids is 3. The van der Waals surface area contributed by atoms with Crippen molar-refractivity contribution in [1.29, 1.82) is 0 Å². The molecule has 6 N–H and O–H groups in total. The molecule has 3 rings (SSSR count). The number of benzene rings is 3. The Morgan fingerprint density at radius 3 is 0.977 bits per heavy atom. The van der Waals surface area contributed by atoms with Gasteiger partial charge in [-0.3, -0.25) is 4.90 Å². The summed E-state index contributed by atoms with van der Waals surface area (Å²) < 4.78 is 14.7. The molecule has 43 heavy (non-hydrogen) atoms. The van der Waals surface area contributed by atoms with E-state index in [0.717, 1.165) is 36.4 Å². The van der Waals surface area contributed by atoms with E-state index in [-0.39, 0.29) is 90.1 Å². The second-order valence-corrected chi connectivity index (χ2v) is 9.30. The molecular formula is C30H33NO12. The molecule has 0 fully saturated rings. The molecule has 13 heteroatoms. The number of carbonyl (C=O) groups is 3. The zero-order chi connectivity index (χ0) is 31.8. The molecule has 0 aliphatic rings. The van der Waals surface area contributed by atoms with Crippen LogP contribution in [0, 0.1) is 0 Å². The molecule has 0 saturated carbocycles. The standard InChI is InChI=1S/C30H33NO12/c1-4-41-28(38)19-10-22(32)16(7-25(19)35)13-31(14-17-8-26(36)20(11-23(17)33)29(39)42-5-2)15-18-9-27(37)21(12-24(18)34)30(40)43-6-3/h7-12,32-37H,4-6,13-15H2,1-3H3. The summed E-state index contributed by atoms with van der Waals surface area (Å²) in [6, 6.07) is 6.56. The highest BCUT2D eigenvalue weighted by atomic mass is 16.5. The number of aromatic hydroxyl groups is 6. The fourth-order valence-corrected chi connectivity index (χ4v) is 4.25. The molecule has 230 valence electrons. The first-order valence-electron chi connectivity index (χ1n) is 13.3. The highest BCUT2D eigenvalue weighted by Gasteiger charge is 2.23. The van der Waals surface area contributed by atoms with Gasteiger partial charge < -0.3 is 44.8 Å². The molecule has 0 aliphatic heterocycles. The number of phenols is 6. The van der Waals surface area contributed by atoms with Crippen LogP contribution >= 0.6 is 0 Å². The number of hydrogen-bond acceptors (Lipinski definition) is 13. The van der Waals surface area contributed by atoms with Crippen LogP contribution in [0.5, 0.6) is 34.5 Å². The number of phenolic OH excluding ortho intramolecular Hbond substituents is 6. The minimum Gasteiger partial charge on any atom is -0.508 e. The molecule has 0 bridgehead atoms. The first kappa shape index (κ1) is 32.3. The van der Waals surface area contributed by atoms with E-state index >= 15 is 0 Å². The second-order valence-electron chi connectivity index (χ2n) is 9.30. The lowest BCUT2D eigenvalue weighted by Crippen LogP contribution is -2.23. The molecule has 0 amide bonds. The third kappa shape index (κ3) is 7.77. The average molecular weight is 600 g/mol. The Hall–Kier alpha value is -5.17. The van der Waals surface area contributed by atoms with Gasteiger partial charge in [0.05, 0.1) is 19.8 Å². The summed E-state index contributed by atoms with van der Waals surface area (Å²) in [4.78, 5) is 37.9. The lowest BCUT2D eigenvalue weighted by molar-refractivity contribution is 0.0512. The van der Waals surface area contributed by atoms with Gasteiger partial charge in [0.15, 0.2) is 0 Å². The quantitative estimate of drug-likeness (QED) is 0.100. The van der Waals surface area contributed by atoms with Crippen LogP contribution in [-0.4, -0.2) is 73.3 Å². The summed E-state index contributed by atoms with van der Waals surface area (Å²) in [6.07, 6.45) is 0. The zero-order valence-corrected chi connectivity index (χ0v) is 23.8. The summed E-state index contributed by atoms with van der Waals surface area (Å²) in [7, 11) is 0. The molecule has 0 radical (unpaired) electrons. The Bertz CT molecular complexity index is 1340. The Morgan fingerprint density at radius 2 is 0.744 bits per heavy atom. The zero-order valence-electron chi connectivity index (χ0n) is 23.8. The van der Waals surface area contributed by atoms with Crippen LogP contribution in [0.1, 0.15) is 68.5 Å². The van der Waals surface area contributed by atoms with E-state index in [1.807, 2.05) is 0 Å². The molecular weight excluding hydrogens is 566 g/mol. The fraction of sp³-hybridized carbons (Fsp3) is 0.300. The van der Waals surface area contributed by atoms with Crippen LogP contribution in [0.2, 0.25) is 0 Å². The molecule has 0 heterocycles. The van der Waals surface area contributed by atoms with E-state index in [1.165, 1.54) is 4.90 Å². The minimum atomic E-state index is -0.845. The van der Waals surface area contributed by atoms with E-state index < -0.39 is 35.2 Å². The van der Waals surface area contributed by atoms with E-state index in [4.69, 9.17) is 14.2 Å². The first-order valence-corrected chi connectivity index (χ1v) is 13.3. The van der Waals surface area contributed by atoms with Gasteiger partial charge >= 0.3 is 17.9 Å². The topological polar surface area (TPSA) is 204 Å². The van der Waals surface area contributed by atoms with Crippen LogP contribution in [0.15, 0.2) is 36.4 Å². The van der Waals surface area contributed by atoms with Crippen molar-refractivity contribution in [2.45, 2.75) is 40.4 Å². The minimum absolute atomic E-state index is 0.0468. The van der Waals surface area contributed by atoms with Gasteiger partial charge in [0, 0.05) is 36.3 Å². The number of ether oxygens (including phenoxy) is 3. The lowest BCUT2D eigenvalue weighted by Gasteiger charge is -2.25. The van der Waals surface area contributed by atoms with E-state index in [0.29, 0.717) is 0 Å². The van der Waals surface area contributed by atoms with Crippen molar-refractivity contribution in [3.63, 3.8) is 0 Å². The molecule has 0 unspecified atom stereocenters. The van der Waals surface area contributed by atoms with Gasteiger partial charge in [-0.15, -0.1) is 0 Å². The molecule has 13 nitrogen and oxygen atoms in total. The van der Waals surface area contributed by atoms with E-state index in [9.17, 15) is 45.0 Å². The van der Waals surface area contributed by atoms with Gasteiger partial charge in [-0.05, 0) is 57.2 Å². The highest BCUT2D eigenvalue weighted by molar-refractivity contribution is 5.94.